The van der Waals surface area contributed by atoms with Crippen LogP contribution < -0.4 is 14.0 Å². The summed E-state index contributed by atoms with van der Waals surface area (Å²) in [5.74, 6) is -29.3. The Kier molecular flexibility index (Phi) is 5.90. The molecule has 0 spiro atoms. The molecule has 0 bridgehead atoms. The van der Waals surface area contributed by atoms with Crippen LogP contribution in [0.4, 0.5) is 43.9 Å². The highest BCUT2D eigenvalue weighted by atomic mass is 19.2. The van der Waals surface area contributed by atoms with Crippen LogP contribution in [0, 0.1) is 58.2 Å². The fourth-order valence-corrected chi connectivity index (χ4v) is 2.05. The average Bonchev–Trinajstić information content (AvgIpc) is 3.26. The van der Waals surface area contributed by atoms with Crippen molar-refractivity contribution in [2.45, 2.75) is 0 Å². The van der Waals surface area contributed by atoms with Crippen molar-refractivity contribution in [2.24, 2.45) is 0 Å². The van der Waals surface area contributed by atoms with Gasteiger partial charge in [0.15, 0.2) is 11.5 Å². The van der Waals surface area contributed by atoms with Gasteiger partial charge in [0.1, 0.15) is 0 Å². The summed E-state index contributed by atoms with van der Waals surface area (Å²) in [6, 6.07) is -0.669. The minimum Gasteiger partial charge on any atom is -0.484 e. The Bertz CT molecular complexity index is 1020. The zero-order chi connectivity index (χ0) is 23.0. The van der Waals surface area contributed by atoms with Gasteiger partial charge in [0.25, 0.3) is 6.01 Å². The zero-order valence-corrected chi connectivity index (χ0v) is 14.2. The number of benzene rings is 2. The van der Waals surface area contributed by atoms with Gasteiger partial charge in [-0.2, -0.15) is 17.6 Å². The number of rotatable bonds is 6. The molecule has 0 radical (unpaired) electrons. The molecule has 1 heterocycles. The molecular formula is C15H3BF10N2O3. The maximum Gasteiger partial charge on any atom is 0.866 e. The van der Waals surface area contributed by atoms with Crippen molar-refractivity contribution in [3.05, 3.63) is 70.6 Å². The first-order chi connectivity index (χ1) is 14.5. The molecule has 0 unspecified atom stereocenters. The maximum atomic E-state index is 13.8. The first-order valence-corrected chi connectivity index (χ1v) is 7.56. The molecule has 16 heteroatoms. The molecule has 3 aromatic rings. The number of aromatic amines is 1. The molecule has 0 amide bonds. The fraction of sp³-hybridized carbons (Fsp3) is 0. The Balaban J connectivity index is 2.06. The molecule has 0 saturated heterocycles. The third kappa shape index (κ3) is 3.92. The molecule has 0 aliphatic carbocycles. The summed E-state index contributed by atoms with van der Waals surface area (Å²) < 4.78 is 148. The van der Waals surface area contributed by atoms with Gasteiger partial charge in [-0.3, -0.25) is 0 Å². The summed E-state index contributed by atoms with van der Waals surface area (Å²) in [5.41, 5.74) is 0. The Morgan fingerprint density at radius 1 is 0.548 bits per heavy atom. The molecule has 0 aliphatic rings. The highest BCUT2D eigenvalue weighted by Crippen LogP contribution is 2.32. The van der Waals surface area contributed by atoms with Crippen LogP contribution in [0.15, 0.2) is 12.4 Å². The van der Waals surface area contributed by atoms with Crippen molar-refractivity contribution in [1.29, 1.82) is 0 Å². The van der Waals surface area contributed by atoms with E-state index in [1.807, 2.05) is 0 Å². The number of nitrogens with one attached hydrogen (secondary N) is 1. The van der Waals surface area contributed by atoms with E-state index < -0.39 is 83.0 Å². The first-order valence-electron chi connectivity index (χ1n) is 7.56. The molecule has 2 aromatic carbocycles. The van der Waals surface area contributed by atoms with Crippen LogP contribution in [0.5, 0.6) is 17.5 Å². The van der Waals surface area contributed by atoms with Crippen molar-refractivity contribution in [3.63, 3.8) is 0 Å². The fourth-order valence-electron chi connectivity index (χ4n) is 2.05. The largest absolute Gasteiger partial charge is 0.866 e. The van der Waals surface area contributed by atoms with Gasteiger partial charge in [0, 0.05) is 12.4 Å². The van der Waals surface area contributed by atoms with Crippen molar-refractivity contribution in [2.75, 3.05) is 0 Å². The van der Waals surface area contributed by atoms with Gasteiger partial charge >= 0.3 is 7.32 Å². The minimum absolute atomic E-state index is 0.669. The van der Waals surface area contributed by atoms with Gasteiger partial charge in [-0.05, 0) is 0 Å². The lowest BCUT2D eigenvalue weighted by molar-refractivity contribution is 0.255. The summed E-state index contributed by atoms with van der Waals surface area (Å²) in [6.45, 7) is 0. The lowest BCUT2D eigenvalue weighted by Gasteiger charge is -2.17. The molecule has 5 nitrogen and oxygen atoms in total. The standard InChI is InChI=1S/C15H3BF10N2O3/c17-3-5(19)9(23)13(10(24)6(3)20)29-16(31-15-27-1-2-28-15)30-14-11(25)7(21)4(18)8(22)12(14)26/h1-2H,(H,27,28). The molecule has 3 rings (SSSR count). The molecule has 1 aromatic heterocycles. The summed E-state index contributed by atoms with van der Waals surface area (Å²) in [6.07, 6.45) is 2.08. The van der Waals surface area contributed by atoms with Crippen molar-refractivity contribution < 1.29 is 57.9 Å². The second-order valence-corrected chi connectivity index (χ2v) is 5.33. The number of imidazole rings is 1. The average molecular weight is 460 g/mol. The Morgan fingerprint density at radius 2 is 0.903 bits per heavy atom. The van der Waals surface area contributed by atoms with Gasteiger partial charge < -0.3 is 18.9 Å². The van der Waals surface area contributed by atoms with E-state index in [4.69, 9.17) is 0 Å². The van der Waals surface area contributed by atoms with E-state index in [2.05, 4.69) is 23.9 Å². The molecule has 0 aliphatic heterocycles. The Hall–Kier alpha value is -3.59. The van der Waals surface area contributed by atoms with Crippen LogP contribution >= 0.6 is 0 Å². The lowest BCUT2D eigenvalue weighted by atomic mass is 10.1. The quantitative estimate of drug-likeness (QED) is 0.258. The van der Waals surface area contributed by atoms with E-state index in [0.717, 1.165) is 12.4 Å². The molecule has 31 heavy (non-hydrogen) atoms. The number of hydrogen-bond acceptors (Lipinski definition) is 4. The zero-order valence-electron chi connectivity index (χ0n) is 14.2. The third-order valence-corrected chi connectivity index (χ3v) is 3.45. The van der Waals surface area contributed by atoms with Gasteiger partial charge in [0.05, 0.1) is 0 Å². The van der Waals surface area contributed by atoms with Crippen LogP contribution in [0.2, 0.25) is 0 Å². The molecule has 0 atom stereocenters. The SMILES string of the molecule is Fc1c(F)c(F)c(OB(Oc2ncc[nH]2)Oc2c(F)c(F)c(F)c(F)c2F)c(F)c1F. The van der Waals surface area contributed by atoms with Crippen molar-refractivity contribution in [3.8, 4) is 17.5 Å². The van der Waals surface area contributed by atoms with Crippen molar-refractivity contribution in [1.82, 2.24) is 9.97 Å². The molecule has 0 fully saturated rings. The number of hydrogen-bond donors (Lipinski definition) is 1. The van der Waals surface area contributed by atoms with Crippen LogP contribution in [-0.2, 0) is 0 Å². The number of aromatic nitrogens is 2. The molecule has 0 saturated carbocycles. The highest BCUT2D eigenvalue weighted by Gasteiger charge is 2.40. The van der Waals surface area contributed by atoms with Crippen LogP contribution in [0.25, 0.3) is 0 Å². The minimum atomic E-state index is -2.87. The summed E-state index contributed by atoms with van der Waals surface area (Å²) in [4.78, 5) is 5.58. The van der Waals surface area contributed by atoms with E-state index in [0.29, 0.717) is 0 Å². The third-order valence-electron chi connectivity index (χ3n) is 3.45. The molecule has 164 valence electrons. The van der Waals surface area contributed by atoms with E-state index in [1.165, 1.54) is 0 Å². The first kappa shape index (κ1) is 22.1. The molecule has 1 N–H and O–H groups in total. The van der Waals surface area contributed by atoms with Gasteiger partial charge in [-0.15, -0.1) is 0 Å². The summed E-state index contributed by atoms with van der Waals surface area (Å²) in [7, 11) is -2.87. The highest BCUT2D eigenvalue weighted by molar-refractivity contribution is 6.39. The van der Waals surface area contributed by atoms with Crippen LogP contribution in [0.3, 0.4) is 0 Å². The number of nitrogens with zero attached hydrogens (tertiary/aromatic N) is 1. The van der Waals surface area contributed by atoms with E-state index >= 15 is 0 Å². The lowest BCUT2D eigenvalue weighted by Crippen LogP contribution is -2.39. The monoisotopic (exact) mass is 460 g/mol. The number of H-pyrrole nitrogens is 1. The van der Waals surface area contributed by atoms with Crippen molar-refractivity contribution >= 4 is 7.32 Å². The van der Waals surface area contributed by atoms with Crippen LogP contribution in [0.1, 0.15) is 0 Å². The summed E-state index contributed by atoms with van der Waals surface area (Å²) in [5, 5.41) is 0. The molecular weight excluding hydrogens is 457 g/mol. The van der Waals surface area contributed by atoms with E-state index in [-0.39, 0.29) is 0 Å². The van der Waals surface area contributed by atoms with E-state index in [9.17, 15) is 43.9 Å². The van der Waals surface area contributed by atoms with Gasteiger partial charge in [0.2, 0.25) is 58.2 Å². The van der Waals surface area contributed by atoms with E-state index in [1.54, 1.807) is 0 Å². The topological polar surface area (TPSA) is 56.4 Å². The number of halogens is 10. The second-order valence-electron chi connectivity index (χ2n) is 5.33. The second kappa shape index (κ2) is 8.27. The predicted octanol–water partition coefficient (Wildman–Crippen LogP) is 4.32. The van der Waals surface area contributed by atoms with Crippen LogP contribution in [-0.4, -0.2) is 17.3 Å². The smallest absolute Gasteiger partial charge is 0.484 e. The summed E-state index contributed by atoms with van der Waals surface area (Å²) >= 11 is 0. The van der Waals surface area contributed by atoms with Gasteiger partial charge in [-0.25, -0.2) is 31.3 Å². The Morgan fingerprint density at radius 3 is 1.23 bits per heavy atom. The van der Waals surface area contributed by atoms with Gasteiger partial charge in [-0.1, -0.05) is 0 Å². The maximum absolute atomic E-state index is 13.8. The Labute approximate surface area is 164 Å². The normalized spacial score (nSPS) is 10.9. The predicted molar refractivity (Wildman–Crippen MR) is 78.7 cm³/mol.